The van der Waals surface area contributed by atoms with Crippen molar-refractivity contribution in [3.05, 3.63) is 81.8 Å². The van der Waals surface area contributed by atoms with E-state index in [9.17, 15) is 77.6 Å². The molecule has 1 fully saturated rings. The van der Waals surface area contributed by atoms with Crippen molar-refractivity contribution in [2.45, 2.75) is 212 Å². The normalized spacial score (nSPS) is 15.7. The zero-order valence-corrected chi connectivity index (χ0v) is 65.7. The molecule has 0 radical (unpaired) electrons. The predicted molar refractivity (Wildman–Crippen MR) is 407 cm³/mol. The first-order valence-electron chi connectivity index (χ1n) is 36.7. The van der Waals surface area contributed by atoms with E-state index in [0.29, 0.717) is 48.6 Å². The highest BCUT2D eigenvalue weighted by Crippen LogP contribution is 2.26. The number of piperidine rings is 1. The van der Waals surface area contributed by atoms with E-state index >= 15 is 0 Å². The van der Waals surface area contributed by atoms with E-state index in [4.69, 9.17) is 19.6 Å². The largest absolute Gasteiger partial charge is 0.508 e. The van der Waals surface area contributed by atoms with Gasteiger partial charge in [-0.3, -0.25) is 78.5 Å². The fourth-order valence-corrected chi connectivity index (χ4v) is 14.1. The molecule has 0 saturated carbocycles. The number of carbonyl (C=O) groups excluding carboxylic acids is 10. The zero-order chi connectivity index (χ0) is 79.9. The van der Waals surface area contributed by atoms with Crippen LogP contribution in [0.3, 0.4) is 0 Å². The van der Waals surface area contributed by atoms with Gasteiger partial charge in [-0.1, -0.05) is 118 Å². The Morgan fingerprint density at radius 3 is 2.10 bits per heavy atom. The number of nitrogens with zero attached hydrogens (tertiary/aromatic N) is 3. The van der Waals surface area contributed by atoms with Crippen molar-refractivity contribution < 1.29 is 92.2 Å². The lowest BCUT2D eigenvalue weighted by atomic mass is 9.93. The number of esters is 1. The number of aromatic hydroxyl groups is 1. The minimum Gasteiger partial charge on any atom is -0.508 e. The van der Waals surface area contributed by atoms with E-state index in [-0.39, 0.29) is 132 Å². The van der Waals surface area contributed by atoms with Crippen LogP contribution in [0.1, 0.15) is 172 Å². The minimum atomic E-state index is -1.65. The molecule has 14 N–H and O–H groups in total. The number of likely N-dealkylation sites (N-methyl/N-ethyl adjacent to an activating group) is 1. The summed E-state index contributed by atoms with van der Waals surface area (Å²) in [5, 5.41) is 62.4. The van der Waals surface area contributed by atoms with Crippen LogP contribution in [0.15, 0.2) is 60.0 Å². The van der Waals surface area contributed by atoms with E-state index in [1.54, 1.807) is 59.7 Å². The molecule has 1 aromatic heterocycles. The van der Waals surface area contributed by atoms with E-state index in [2.05, 4.69) is 53.4 Å². The number of amides is 9. The Bertz CT molecular complexity index is 3410. The molecule has 2 aromatic carbocycles. The number of aromatic nitrogens is 1. The van der Waals surface area contributed by atoms with Crippen molar-refractivity contribution in [1.82, 2.24) is 68.2 Å². The summed E-state index contributed by atoms with van der Waals surface area (Å²) in [7, 11) is 4.65. The number of carboxylic acids is 3. The molecule has 1 aliphatic rings. The highest BCUT2D eigenvalue weighted by atomic mass is 33.1. The Hall–Kier alpha value is -8.64. The number of thiazole rings is 1. The second-order valence-corrected chi connectivity index (χ2v) is 31.1. The number of hydrogen-bond acceptors (Lipinski definition) is 23. The average molecular weight is 1570 g/mol. The minimum absolute atomic E-state index is 0.0438. The Balaban J connectivity index is 1.22. The number of aryl methyl sites for hydroxylation is 1. The van der Waals surface area contributed by atoms with E-state index in [1.807, 2.05) is 46.6 Å². The number of likely N-dealkylation sites (tertiary alicyclic amines) is 1. The lowest BCUT2D eigenvalue weighted by molar-refractivity contribution is -0.159. The molecule has 2 heterocycles. The van der Waals surface area contributed by atoms with Crippen LogP contribution in [0.25, 0.3) is 0 Å². The summed E-state index contributed by atoms with van der Waals surface area (Å²) in [6.07, 6.45) is 3.24. The molecule has 1 aliphatic heterocycles. The fraction of sp³-hybridized carbons (Fsp3) is 0.616. The first-order valence-corrected chi connectivity index (χ1v) is 40.0. The monoisotopic (exact) mass is 1570 g/mol. The van der Waals surface area contributed by atoms with Crippen molar-refractivity contribution in [2.24, 2.45) is 17.8 Å². The summed E-state index contributed by atoms with van der Waals surface area (Å²) in [6.45, 7) is 14.4. The molecular weight excluding hydrogens is 1460 g/mol. The molecule has 10 atom stereocenters. The average Bonchev–Trinajstić information content (AvgIpc) is 1.01. The van der Waals surface area contributed by atoms with Crippen LogP contribution in [-0.2, 0) is 81.5 Å². The Morgan fingerprint density at radius 2 is 1.44 bits per heavy atom. The summed E-state index contributed by atoms with van der Waals surface area (Å²) in [6, 6.07) is 9.74. The molecule has 3 aromatic rings. The van der Waals surface area contributed by atoms with Crippen LogP contribution in [0.4, 0.5) is 4.79 Å². The van der Waals surface area contributed by atoms with Gasteiger partial charge in [0.1, 0.15) is 47.8 Å². The van der Waals surface area contributed by atoms with Crippen LogP contribution in [-0.4, -0.2) is 218 Å². The number of phenols is 1. The summed E-state index contributed by atoms with van der Waals surface area (Å²) >= 11 is 1.27. The van der Waals surface area contributed by atoms with Gasteiger partial charge in [0.15, 0.2) is 6.73 Å². The molecule has 600 valence electrons. The van der Waals surface area contributed by atoms with Crippen LogP contribution in [0.5, 0.6) is 5.75 Å². The van der Waals surface area contributed by atoms with Gasteiger partial charge in [0, 0.05) is 93.2 Å². The number of carbonyl (C=O) groups is 13. The lowest BCUT2D eigenvalue weighted by Gasteiger charge is -2.39. The number of ether oxygens (including phenoxy) is 2. The molecule has 9 amide bonds. The maximum atomic E-state index is 14.8. The fourth-order valence-electron chi connectivity index (χ4n) is 11.6. The molecule has 35 heteroatoms. The quantitative estimate of drug-likeness (QED) is 0.0119. The van der Waals surface area contributed by atoms with Crippen molar-refractivity contribution in [3.63, 3.8) is 0 Å². The molecule has 1 saturated heterocycles. The first-order chi connectivity index (χ1) is 51.3. The third kappa shape index (κ3) is 33.9. The molecule has 10 unspecified atom stereocenters. The van der Waals surface area contributed by atoms with Crippen LogP contribution in [0.2, 0.25) is 0 Å². The number of benzene rings is 2. The predicted octanol–water partition coefficient (Wildman–Crippen LogP) is 4.78. The van der Waals surface area contributed by atoms with Crippen LogP contribution in [0, 0.1) is 17.8 Å². The molecule has 32 nitrogen and oxygen atoms in total. The Morgan fingerprint density at radius 1 is 0.741 bits per heavy atom. The molecule has 0 bridgehead atoms. The number of phenolic OH excluding ortho intramolecular Hbond substituents is 1. The number of hydrogen-bond donors (Lipinski definition) is 14. The highest BCUT2D eigenvalue weighted by molar-refractivity contribution is 8.76. The van der Waals surface area contributed by atoms with Crippen molar-refractivity contribution in [3.8, 4) is 5.75 Å². The summed E-state index contributed by atoms with van der Waals surface area (Å²) in [4.78, 5) is 177. The molecule has 4 rings (SSSR count). The lowest BCUT2D eigenvalue weighted by Crippen LogP contribution is -2.59. The third-order valence-electron chi connectivity index (χ3n) is 18.3. The summed E-state index contributed by atoms with van der Waals surface area (Å²) in [5.41, 5.74) is 4.64. The van der Waals surface area contributed by atoms with Gasteiger partial charge < -0.3 is 66.7 Å². The number of carboxylic acid groups (broad SMARTS) is 3. The van der Waals surface area contributed by atoms with Crippen molar-refractivity contribution in [1.29, 1.82) is 0 Å². The maximum Gasteiger partial charge on any atom is 0.426 e. The molecule has 0 spiro atoms. The zero-order valence-electron chi connectivity index (χ0n) is 63.2. The van der Waals surface area contributed by atoms with Gasteiger partial charge in [0.2, 0.25) is 41.4 Å². The van der Waals surface area contributed by atoms with Crippen molar-refractivity contribution >= 4 is 110 Å². The Labute approximate surface area is 643 Å². The van der Waals surface area contributed by atoms with Gasteiger partial charge in [-0.15, -0.1) is 11.3 Å². The van der Waals surface area contributed by atoms with Gasteiger partial charge in [0.25, 0.3) is 5.91 Å². The van der Waals surface area contributed by atoms with Crippen LogP contribution < -0.4 is 53.4 Å². The molecular formula is C73H111N13O19S3. The van der Waals surface area contributed by atoms with E-state index in [1.165, 1.54) is 58.9 Å². The topological polar surface area (TPSA) is 461 Å². The second-order valence-electron chi connectivity index (χ2n) is 27.4. The van der Waals surface area contributed by atoms with Gasteiger partial charge in [-0.2, -0.15) is 0 Å². The molecule has 108 heavy (non-hydrogen) atoms. The van der Waals surface area contributed by atoms with Gasteiger partial charge in [-0.25, -0.2) is 15.2 Å². The SMILES string of the molecule is CCCC(=O)OCN(C(=O)C(NC(=O)C1CCCCN1C)C(C)CC)C(CCc1nc(C(=O)NC(Cc2ccc(O)cc2)CC(C)C(=O)NNC(=O)OCCSSCCNC(=O)C(Cc2ccccc2)NC(=O)C(C)NC(=O)CCCNC(=O)CCC(C)(NCNC(CCC(=O)O)C(=O)O)C(=O)O)cs1)C(C)C. The smallest absolute Gasteiger partial charge is 0.426 e. The number of nitrogens with one attached hydrogen (secondary N) is 10. The van der Waals surface area contributed by atoms with E-state index < -0.39 is 120 Å². The van der Waals surface area contributed by atoms with Gasteiger partial charge in [-0.05, 0) is 120 Å². The number of aliphatic carboxylic acids is 3. The molecule has 0 aliphatic carbocycles. The standard InChI is InChI=1S/C73H111N13O19S3/c1-10-18-62(92)105-44-86(69(98)63(46(5)11-2)82-68(97)57-21-15-16-35-85(57)9)56(45(3)4)28-29-60-80-55(42-106-60)67(96)79-51(40-50-23-25-52(87)26-24-50)39-47(6)64(93)83-84-72(103)104-36-38-108-107-37-34-75-66(95)54(41-49-19-13-12-14-20-49)81-65(94)48(7)78-59(89)22-17-33-74-58(88)31-32-73(8,71(101)102)77-43-76-53(70(99)100)27-30-61(90)91/h12-14,19-20,23-26,42,45-48,51,53-54,56-57,63,76-77,87H,10-11,15-18,21-22,27-41,43-44H2,1-9H3,(H,74,88)(H,75,95)(H,78,89)(H,79,96)(H,81,94)(H,82,97)(H,83,93)(H,84,103)(H,90,91)(H,99,100)(H,101,102). The highest BCUT2D eigenvalue weighted by Gasteiger charge is 2.39. The summed E-state index contributed by atoms with van der Waals surface area (Å²) < 4.78 is 11.0. The van der Waals surface area contributed by atoms with E-state index in [0.717, 1.165) is 30.5 Å². The number of hydrazine groups is 1. The summed E-state index contributed by atoms with van der Waals surface area (Å²) in [5.74, 6) is -8.34. The van der Waals surface area contributed by atoms with Gasteiger partial charge in [0.05, 0.1) is 11.0 Å². The van der Waals surface area contributed by atoms with Crippen LogP contribution >= 0.6 is 32.9 Å². The van der Waals surface area contributed by atoms with Crippen molar-refractivity contribution in [2.75, 3.05) is 58.2 Å². The third-order valence-corrected chi connectivity index (χ3v) is 21.6. The second kappa shape index (κ2) is 48.7. The Kier molecular flexibility index (Phi) is 41.4. The van der Waals surface area contributed by atoms with Gasteiger partial charge >= 0.3 is 30.0 Å². The number of rotatable bonds is 50. The first kappa shape index (κ1) is 91.7. The maximum absolute atomic E-state index is 14.8.